The molecule has 0 aromatic carbocycles. The SMILES string of the molecule is OC1CCCC2C1CC21OCCO1. The maximum Gasteiger partial charge on any atom is 0.172 e. The lowest BCUT2D eigenvalue weighted by atomic mass is 9.60. The molecule has 3 rings (SSSR count). The number of aliphatic hydroxyl groups is 1. The van der Waals surface area contributed by atoms with Gasteiger partial charge in [-0.2, -0.15) is 0 Å². The van der Waals surface area contributed by atoms with E-state index in [0.29, 0.717) is 11.8 Å². The molecule has 3 unspecified atom stereocenters. The number of fused-ring (bicyclic) bond motifs is 2. The van der Waals surface area contributed by atoms with Gasteiger partial charge in [0.15, 0.2) is 5.79 Å². The Hall–Kier alpha value is -0.120. The summed E-state index contributed by atoms with van der Waals surface area (Å²) < 4.78 is 11.3. The van der Waals surface area contributed by atoms with Crippen molar-refractivity contribution in [3.63, 3.8) is 0 Å². The lowest BCUT2D eigenvalue weighted by molar-refractivity contribution is -0.299. The monoisotopic (exact) mass is 184 g/mol. The molecule has 1 aliphatic heterocycles. The van der Waals surface area contributed by atoms with Crippen LogP contribution in [0.4, 0.5) is 0 Å². The van der Waals surface area contributed by atoms with Crippen molar-refractivity contribution in [2.24, 2.45) is 11.8 Å². The van der Waals surface area contributed by atoms with Gasteiger partial charge in [0.05, 0.1) is 19.3 Å². The van der Waals surface area contributed by atoms with E-state index in [1.807, 2.05) is 0 Å². The Labute approximate surface area is 78.0 Å². The van der Waals surface area contributed by atoms with Crippen LogP contribution in [0.5, 0.6) is 0 Å². The molecule has 74 valence electrons. The zero-order chi connectivity index (χ0) is 8.89. The Morgan fingerprint density at radius 1 is 1.15 bits per heavy atom. The number of aliphatic hydroxyl groups excluding tert-OH is 1. The maximum absolute atomic E-state index is 9.73. The zero-order valence-corrected chi connectivity index (χ0v) is 7.74. The number of ether oxygens (including phenoxy) is 2. The van der Waals surface area contributed by atoms with Gasteiger partial charge in [-0.15, -0.1) is 0 Å². The predicted molar refractivity (Wildman–Crippen MR) is 46.1 cm³/mol. The van der Waals surface area contributed by atoms with Crippen molar-refractivity contribution in [2.75, 3.05) is 13.2 Å². The fourth-order valence-corrected chi connectivity index (χ4v) is 3.19. The number of hydrogen-bond donors (Lipinski definition) is 1. The molecule has 2 saturated carbocycles. The highest BCUT2D eigenvalue weighted by molar-refractivity contribution is 5.03. The van der Waals surface area contributed by atoms with Crippen LogP contribution in [0.3, 0.4) is 0 Å². The topological polar surface area (TPSA) is 38.7 Å². The molecule has 3 heteroatoms. The first-order valence-electron chi connectivity index (χ1n) is 5.28. The maximum atomic E-state index is 9.73. The van der Waals surface area contributed by atoms with E-state index in [4.69, 9.17) is 9.47 Å². The quantitative estimate of drug-likeness (QED) is 0.608. The van der Waals surface area contributed by atoms with Gasteiger partial charge in [0.2, 0.25) is 0 Å². The summed E-state index contributed by atoms with van der Waals surface area (Å²) in [7, 11) is 0. The summed E-state index contributed by atoms with van der Waals surface area (Å²) in [6.07, 6.45) is 4.08. The molecule has 0 aromatic rings. The summed E-state index contributed by atoms with van der Waals surface area (Å²) in [5.74, 6) is 0.650. The van der Waals surface area contributed by atoms with Crippen molar-refractivity contribution in [1.82, 2.24) is 0 Å². The lowest BCUT2D eigenvalue weighted by Crippen LogP contribution is -2.60. The molecule has 3 nitrogen and oxygen atoms in total. The molecule has 1 saturated heterocycles. The molecule has 2 aliphatic carbocycles. The van der Waals surface area contributed by atoms with E-state index >= 15 is 0 Å². The van der Waals surface area contributed by atoms with Crippen LogP contribution >= 0.6 is 0 Å². The molecule has 13 heavy (non-hydrogen) atoms. The first kappa shape index (κ1) is 8.21. The van der Waals surface area contributed by atoms with E-state index in [0.717, 1.165) is 32.5 Å². The number of rotatable bonds is 0. The first-order chi connectivity index (χ1) is 6.32. The minimum absolute atomic E-state index is 0.0998. The molecule has 1 spiro atoms. The van der Waals surface area contributed by atoms with Gasteiger partial charge in [0.25, 0.3) is 0 Å². The van der Waals surface area contributed by atoms with Gasteiger partial charge in [0, 0.05) is 12.3 Å². The van der Waals surface area contributed by atoms with Crippen LogP contribution in [0.25, 0.3) is 0 Å². The Balaban J connectivity index is 1.76. The summed E-state index contributed by atoms with van der Waals surface area (Å²) in [5.41, 5.74) is 0. The summed E-state index contributed by atoms with van der Waals surface area (Å²) in [5, 5.41) is 9.73. The van der Waals surface area contributed by atoms with Crippen LogP contribution in [0, 0.1) is 11.8 Å². The third kappa shape index (κ3) is 1.01. The van der Waals surface area contributed by atoms with Gasteiger partial charge in [-0.25, -0.2) is 0 Å². The largest absolute Gasteiger partial charge is 0.393 e. The molecular weight excluding hydrogens is 168 g/mol. The minimum atomic E-state index is -0.272. The molecule has 3 aliphatic rings. The molecule has 0 aromatic heterocycles. The highest BCUT2D eigenvalue weighted by Crippen LogP contribution is 2.55. The smallest absolute Gasteiger partial charge is 0.172 e. The fourth-order valence-electron chi connectivity index (χ4n) is 3.19. The van der Waals surface area contributed by atoms with Crippen molar-refractivity contribution in [1.29, 1.82) is 0 Å². The van der Waals surface area contributed by atoms with E-state index in [1.165, 1.54) is 6.42 Å². The zero-order valence-electron chi connectivity index (χ0n) is 7.74. The molecule has 0 radical (unpaired) electrons. The van der Waals surface area contributed by atoms with Crippen molar-refractivity contribution < 1.29 is 14.6 Å². The molecule has 3 atom stereocenters. The van der Waals surface area contributed by atoms with Gasteiger partial charge in [-0.3, -0.25) is 0 Å². The first-order valence-corrected chi connectivity index (χ1v) is 5.28. The summed E-state index contributed by atoms with van der Waals surface area (Å²) >= 11 is 0. The second-order valence-electron chi connectivity index (χ2n) is 4.48. The second kappa shape index (κ2) is 2.69. The van der Waals surface area contributed by atoms with Gasteiger partial charge in [-0.05, 0) is 18.8 Å². The van der Waals surface area contributed by atoms with E-state index in [-0.39, 0.29) is 11.9 Å². The summed E-state index contributed by atoms with van der Waals surface area (Å²) in [6.45, 7) is 1.47. The van der Waals surface area contributed by atoms with Crippen molar-refractivity contribution >= 4 is 0 Å². The Morgan fingerprint density at radius 3 is 2.69 bits per heavy atom. The third-order valence-electron chi connectivity index (χ3n) is 3.89. The summed E-state index contributed by atoms with van der Waals surface area (Å²) in [6, 6.07) is 0. The van der Waals surface area contributed by atoms with Gasteiger partial charge in [0.1, 0.15) is 0 Å². The number of hydrogen-bond acceptors (Lipinski definition) is 3. The molecule has 0 amide bonds. The van der Waals surface area contributed by atoms with Crippen LogP contribution in [0.1, 0.15) is 25.7 Å². The minimum Gasteiger partial charge on any atom is -0.393 e. The molecule has 0 bridgehead atoms. The fraction of sp³-hybridized carbons (Fsp3) is 1.00. The van der Waals surface area contributed by atoms with Crippen molar-refractivity contribution in [2.45, 2.75) is 37.6 Å². The second-order valence-corrected chi connectivity index (χ2v) is 4.48. The third-order valence-corrected chi connectivity index (χ3v) is 3.89. The van der Waals surface area contributed by atoms with E-state index < -0.39 is 0 Å². The van der Waals surface area contributed by atoms with Crippen LogP contribution in [-0.4, -0.2) is 30.2 Å². The standard InChI is InChI=1S/C10H16O3/c11-9-3-1-2-8-7(9)6-10(8)12-4-5-13-10/h7-9,11H,1-6H2. The van der Waals surface area contributed by atoms with Crippen molar-refractivity contribution in [3.05, 3.63) is 0 Å². The molecule has 1 N–H and O–H groups in total. The normalized spacial score (nSPS) is 47.3. The van der Waals surface area contributed by atoms with Gasteiger partial charge < -0.3 is 14.6 Å². The molecule has 3 fully saturated rings. The molecular formula is C10H16O3. The van der Waals surface area contributed by atoms with Gasteiger partial charge in [-0.1, -0.05) is 6.42 Å². The Kier molecular flexibility index (Phi) is 1.70. The van der Waals surface area contributed by atoms with E-state index in [2.05, 4.69) is 0 Å². The predicted octanol–water partition coefficient (Wildman–Crippen LogP) is 0.910. The Morgan fingerprint density at radius 2 is 1.92 bits per heavy atom. The lowest BCUT2D eigenvalue weighted by Gasteiger charge is -2.55. The Bertz CT molecular complexity index is 210. The highest BCUT2D eigenvalue weighted by Gasteiger charge is 2.60. The van der Waals surface area contributed by atoms with E-state index in [9.17, 15) is 5.11 Å². The highest BCUT2D eigenvalue weighted by atomic mass is 16.7. The average Bonchev–Trinajstić information content (AvgIpc) is 2.58. The van der Waals surface area contributed by atoms with Crippen molar-refractivity contribution in [3.8, 4) is 0 Å². The summed E-state index contributed by atoms with van der Waals surface area (Å²) in [4.78, 5) is 0. The van der Waals surface area contributed by atoms with Crippen LogP contribution in [-0.2, 0) is 9.47 Å². The van der Waals surface area contributed by atoms with Crippen LogP contribution in [0.2, 0.25) is 0 Å². The van der Waals surface area contributed by atoms with E-state index in [1.54, 1.807) is 0 Å². The van der Waals surface area contributed by atoms with Crippen LogP contribution < -0.4 is 0 Å². The average molecular weight is 184 g/mol. The van der Waals surface area contributed by atoms with Crippen LogP contribution in [0.15, 0.2) is 0 Å². The molecule has 1 heterocycles. The van der Waals surface area contributed by atoms with Gasteiger partial charge >= 0.3 is 0 Å².